The van der Waals surface area contributed by atoms with E-state index in [0.717, 1.165) is 27.6 Å². The Morgan fingerprint density at radius 1 is 1.21 bits per heavy atom. The third kappa shape index (κ3) is 3.04. The van der Waals surface area contributed by atoms with E-state index in [9.17, 15) is 4.79 Å². The van der Waals surface area contributed by atoms with Crippen molar-refractivity contribution in [3.8, 4) is 10.6 Å². The van der Waals surface area contributed by atoms with Crippen molar-refractivity contribution in [3.05, 3.63) is 72.1 Å². The number of imidazole rings is 1. The van der Waals surface area contributed by atoms with E-state index in [-0.39, 0.29) is 12.3 Å². The summed E-state index contributed by atoms with van der Waals surface area (Å²) in [5.74, 6) is -0.0882. The van der Waals surface area contributed by atoms with E-state index in [1.807, 2.05) is 64.6 Å². The Morgan fingerprint density at radius 2 is 2.17 bits per heavy atom. The summed E-state index contributed by atoms with van der Waals surface area (Å²) >= 11 is 1.57. The third-order valence-electron chi connectivity index (χ3n) is 3.58. The molecule has 0 saturated carbocycles. The van der Waals surface area contributed by atoms with E-state index in [1.165, 1.54) is 0 Å². The van der Waals surface area contributed by atoms with Gasteiger partial charge in [-0.05, 0) is 24.3 Å². The van der Waals surface area contributed by atoms with E-state index in [0.29, 0.717) is 0 Å². The molecule has 118 valence electrons. The van der Waals surface area contributed by atoms with Gasteiger partial charge < -0.3 is 9.72 Å². The van der Waals surface area contributed by atoms with Gasteiger partial charge in [0.25, 0.3) is 0 Å². The number of thiazole rings is 1. The molecular formula is C18H14N4OS. The van der Waals surface area contributed by atoms with Gasteiger partial charge in [-0.3, -0.25) is 4.79 Å². The van der Waals surface area contributed by atoms with Crippen LogP contribution in [0.2, 0.25) is 0 Å². The van der Waals surface area contributed by atoms with Crippen molar-refractivity contribution in [1.82, 2.24) is 14.4 Å². The van der Waals surface area contributed by atoms with Crippen LogP contribution in [-0.2, 0) is 11.2 Å². The lowest BCUT2D eigenvalue weighted by atomic mass is 10.2. The molecule has 0 unspecified atom stereocenters. The Balaban J connectivity index is 1.49. The average molecular weight is 334 g/mol. The molecule has 24 heavy (non-hydrogen) atoms. The van der Waals surface area contributed by atoms with Gasteiger partial charge in [-0.1, -0.05) is 18.2 Å². The largest absolute Gasteiger partial charge is 0.326 e. The van der Waals surface area contributed by atoms with Crippen LogP contribution in [0.3, 0.4) is 0 Å². The number of benzene rings is 1. The highest BCUT2D eigenvalue weighted by Crippen LogP contribution is 2.24. The first-order valence-corrected chi connectivity index (χ1v) is 8.38. The van der Waals surface area contributed by atoms with Crippen LogP contribution in [0.5, 0.6) is 0 Å². The van der Waals surface area contributed by atoms with Crippen molar-refractivity contribution >= 4 is 28.6 Å². The number of hydrogen-bond acceptors (Lipinski definition) is 4. The minimum Gasteiger partial charge on any atom is -0.326 e. The first-order valence-electron chi connectivity index (χ1n) is 7.50. The molecule has 0 atom stereocenters. The number of carbonyl (C=O) groups excluding carboxylic acids is 1. The summed E-state index contributed by atoms with van der Waals surface area (Å²) in [4.78, 5) is 21.0. The van der Waals surface area contributed by atoms with Crippen LogP contribution in [-0.4, -0.2) is 20.3 Å². The molecule has 0 bridgehead atoms. The average Bonchev–Trinajstić information content (AvgIpc) is 3.24. The Kier molecular flexibility index (Phi) is 3.80. The van der Waals surface area contributed by atoms with Crippen LogP contribution in [0.15, 0.2) is 66.4 Å². The lowest BCUT2D eigenvalue weighted by Gasteiger charge is -2.05. The zero-order chi connectivity index (χ0) is 16.4. The maximum absolute atomic E-state index is 12.3. The summed E-state index contributed by atoms with van der Waals surface area (Å²) in [7, 11) is 0. The third-order valence-corrected chi connectivity index (χ3v) is 4.40. The number of fused-ring (bicyclic) bond motifs is 1. The van der Waals surface area contributed by atoms with E-state index < -0.39 is 0 Å². The van der Waals surface area contributed by atoms with Crippen molar-refractivity contribution in [2.75, 3.05) is 5.32 Å². The number of pyridine rings is 1. The summed E-state index contributed by atoms with van der Waals surface area (Å²) in [6.07, 6.45) is 5.81. The number of nitrogens with one attached hydrogen (secondary N) is 1. The molecule has 0 fully saturated rings. The molecule has 0 spiro atoms. The molecule has 4 aromatic rings. The Morgan fingerprint density at radius 3 is 3.00 bits per heavy atom. The van der Waals surface area contributed by atoms with Gasteiger partial charge in [0.05, 0.1) is 12.1 Å². The molecule has 6 heteroatoms. The van der Waals surface area contributed by atoms with E-state index >= 15 is 0 Å². The topological polar surface area (TPSA) is 59.3 Å². The van der Waals surface area contributed by atoms with Gasteiger partial charge in [-0.25, -0.2) is 9.97 Å². The highest BCUT2D eigenvalue weighted by Gasteiger charge is 2.09. The van der Waals surface area contributed by atoms with Crippen molar-refractivity contribution < 1.29 is 4.79 Å². The Labute approximate surface area is 142 Å². The van der Waals surface area contributed by atoms with Crippen molar-refractivity contribution in [3.63, 3.8) is 0 Å². The fraction of sp³-hybridized carbons (Fsp3) is 0.0556. The Hall–Kier alpha value is -2.99. The second-order valence-electron chi connectivity index (χ2n) is 5.34. The second-order valence-corrected chi connectivity index (χ2v) is 6.24. The van der Waals surface area contributed by atoms with E-state index in [4.69, 9.17) is 0 Å². The zero-order valence-electron chi connectivity index (χ0n) is 12.7. The molecule has 0 aliphatic rings. The van der Waals surface area contributed by atoms with Crippen LogP contribution < -0.4 is 5.32 Å². The minimum atomic E-state index is -0.0882. The fourth-order valence-electron chi connectivity index (χ4n) is 2.54. The number of aromatic nitrogens is 3. The smallest absolute Gasteiger partial charge is 0.230 e. The summed E-state index contributed by atoms with van der Waals surface area (Å²) in [6.45, 7) is 0. The number of carbonyl (C=O) groups is 1. The zero-order valence-corrected chi connectivity index (χ0v) is 13.5. The van der Waals surface area contributed by atoms with Crippen LogP contribution in [0.25, 0.3) is 16.2 Å². The summed E-state index contributed by atoms with van der Waals surface area (Å²) in [5.41, 5.74) is 3.34. The molecule has 0 aliphatic heterocycles. The number of nitrogens with zero attached hydrogens (tertiary/aromatic N) is 3. The first kappa shape index (κ1) is 14.6. The fourth-order valence-corrected chi connectivity index (χ4v) is 3.17. The quantitative estimate of drug-likeness (QED) is 0.620. The van der Waals surface area contributed by atoms with E-state index in [1.54, 1.807) is 17.5 Å². The van der Waals surface area contributed by atoms with Crippen LogP contribution in [0.1, 0.15) is 5.69 Å². The second kappa shape index (κ2) is 6.25. The van der Waals surface area contributed by atoms with Crippen molar-refractivity contribution in [2.24, 2.45) is 0 Å². The standard InChI is InChI=1S/C18H14N4OS/c23-17(11-15-12-22-8-2-1-6-16(22)20-15)21-14-5-3-4-13(10-14)18-19-7-9-24-18/h1-10,12H,11H2,(H,21,23). The maximum atomic E-state index is 12.3. The number of anilines is 1. The molecule has 1 N–H and O–H groups in total. The summed E-state index contributed by atoms with van der Waals surface area (Å²) in [6, 6.07) is 13.5. The number of rotatable bonds is 4. The van der Waals surface area contributed by atoms with Gasteiger partial charge in [0.15, 0.2) is 0 Å². The summed E-state index contributed by atoms with van der Waals surface area (Å²) in [5, 5.41) is 5.80. The molecule has 4 rings (SSSR count). The van der Waals surface area contributed by atoms with Crippen LogP contribution >= 0.6 is 11.3 Å². The van der Waals surface area contributed by atoms with Crippen molar-refractivity contribution in [1.29, 1.82) is 0 Å². The predicted octanol–water partition coefficient (Wildman–Crippen LogP) is 3.64. The molecule has 0 radical (unpaired) electrons. The number of amides is 1. The lowest BCUT2D eigenvalue weighted by molar-refractivity contribution is -0.115. The molecular weight excluding hydrogens is 320 g/mol. The van der Waals surface area contributed by atoms with Gasteiger partial charge in [-0.2, -0.15) is 0 Å². The molecule has 3 aromatic heterocycles. The minimum absolute atomic E-state index is 0.0882. The normalized spacial score (nSPS) is 10.8. The van der Waals surface area contributed by atoms with Crippen molar-refractivity contribution in [2.45, 2.75) is 6.42 Å². The predicted molar refractivity (Wildman–Crippen MR) is 95.1 cm³/mol. The molecule has 3 heterocycles. The monoisotopic (exact) mass is 334 g/mol. The molecule has 1 aromatic carbocycles. The Bertz CT molecular complexity index is 958. The van der Waals surface area contributed by atoms with Gasteiger partial charge in [0, 0.05) is 35.2 Å². The van der Waals surface area contributed by atoms with Crippen LogP contribution in [0, 0.1) is 0 Å². The van der Waals surface area contributed by atoms with Crippen LogP contribution in [0.4, 0.5) is 5.69 Å². The van der Waals surface area contributed by atoms with Gasteiger partial charge in [-0.15, -0.1) is 11.3 Å². The molecule has 5 nitrogen and oxygen atoms in total. The SMILES string of the molecule is O=C(Cc1cn2ccccc2n1)Nc1cccc(-c2nccs2)c1. The molecule has 1 amide bonds. The highest BCUT2D eigenvalue weighted by atomic mass is 32.1. The summed E-state index contributed by atoms with van der Waals surface area (Å²) < 4.78 is 1.91. The molecule has 0 aliphatic carbocycles. The van der Waals surface area contributed by atoms with Gasteiger partial charge in [0.2, 0.25) is 5.91 Å². The highest BCUT2D eigenvalue weighted by molar-refractivity contribution is 7.13. The number of hydrogen-bond donors (Lipinski definition) is 1. The first-order chi connectivity index (χ1) is 11.8. The maximum Gasteiger partial charge on any atom is 0.230 e. The van der Waals surface area contributed by atoms with Gasteiger partial charge in [0.1, 0.15) is 10.7 Å². The molecule has 0 saturated heterocycles. The van der Waals surface area contributed by atoms with E-state index in [2.05, 4.69) is 15.3 Å². The lowest BCUT2D eigenvalue weighted by Crippen LogP contribution is -2.14. The van der Waals surface area contributed by atoms with Gasteiger partial charge >= 0.3 is 0 Å².